The van der Waals surface area contributed by atoms with Gasteiger partial charge in [-0.15, -0.1) is 0 Å². The van der Waals surface area contributed by atoms with Crippen LogP contribution < -0.4 is 10.2 Å². The monoisotopic (exact) mass is 376 g/mol. The highest BCUT2D eigenvalue weighted by atomic mass is 32.1. The summed E-state index contributed by atoms with van der Waals surface area (Å²) >= 11 is 5.59. The molecule has 0 spiro atoms. The lowest BCUT2D eigenvalue weighted by atomic mass is 10.1. The molecule has 1 saturated heterocycles. The Morgan fingerprint density at radius 3 is 2.41 bits per heavy atom. The number of thiocarbonyl (C=S) groups is 1. The van der Waals surface area contributed by atoms with Crippen molar-refractivity contribution in [3.05, 3.63) is 65.7 Å². The van der Waals surface area contributed by atoms with Crippen LogP contribution in [0.5, 0.6) is 0 Å². The summed E-state index contributed by atoms with van der Waals surface area (Å²) in [6.07, 6.45) is 0. The van der Waals surface area contributed by atoms with E-state index < -0.39 is 0 Å². The van der Waals surface area contributed by atoms with Crippen molar-refractivity contribution in [3.8, 4) is 0 Å². The van der Waals surface area contributed by atoms with Crippen LogP contribution in [0.4, 0.5) is 11.5 Å². The number of anilines is 2. The molecule has 138 valence electrons. The smallest absolute Gasteiger partial charge is 0.173 e. The molecule has 0 radical (unpaired) electrons. The number of nitrogens with one attached hydrogen (secondary N) is 1. The highest BCUT2D eigenvalue weighted by molar-refractivity contribution is 7.80. The molecule has 1 aliphatic heterocycles. The average molecular weight is 377 g/mol. The first-order chi connectivity index (χ1) is 13.1. The van der Waals surface area contributed by atoms with Crippen LogP contribution in [0.1, 0.15) is 11.1 Å². The van der Waals surface area contributed by atoms with Gasteiger partial charge in [-0.25, -0.2) is 4.98 Å². The van der Waals surface area contributed by atoms with Crippen molar-refractivity contribution in [1.82, 2.24) is 9.88 Å². The standard InChI is InChI=1S/C22H24N4S/c1-16-7-6-10-19-17(2)15-20(24-21(16)19)25-11-13-26(14-12-25)22(27)23-18-8-4-3-5-9-18/h3-10,15H,11-14H2,1-2H3,(H,23,27). The number of aromatic nitrogens is 1. The van der Waals surface area contributed by atoms with Gasteiger partial charge in [0.05, 0.1) is 5.52 Å². The van der Waals surface area contributed by atoms with E-state index in [1.165, 1.54) is 16.5 Å². The van der Waals surface area contributed by atoms with Crippen LogP contribution in [0, 0.1) is 13.8 Å². The first-order valence-electron chi connectivity index (χ1n) is 9.35. The number of para-hydroxylation sites is 2. The van der Waals surface area contributed by atoms with E-state index in [1.807, 2.05) is 30.3 Å². The van der Waals surface area contributed by atoms with Gasteiger partial charge in [-0.2, -0.15) is 0 Å². The lowest BCUT2D eigenvalue weighted by molar-refractivity contribution is 0.389. The van der Waals surface area contributed by atoms with E-state index in [9.17, 15) is 0 Å². The van der Waals surface area contributed by atoms with Gasteiger partial charge in [-0.05, 0) is 55.4 Å². The second-order valence-electron chi connectivity index (χ2n) is 7.04. The minimum absolute atomic E-state index is 0.791. The summed E-state index contributed by atoms with van der Waals surface area (Å²) in [5.74, 6) is 1.07. The van der Waals surface area contributed by atoms with E-state index in [0.717, 1.165) is 48.3 Å². The predicted octanol–water partition coefficient (Wildman–Crippen LogP) is 4.37. The molecule has 1 fully saturated rings. The Bertz CT molecular complexity index is 963. The first-order valence-corrected chi connectivity index (χ1v) is 9.75. The number of piperazine rings is 1. The maximum atomic E-state index is 5.59. The molecule has 27 heavy (non-hydrogen) atoms. The maximum Gasteiger partial charge on any atom is 0.173 e. The van der Waals surface area contributed by atoms with E-state index in [2.05, 4.69) is 53.2 Å². The van der Waals surface area contributed by atoms with Crippen molar-refractivity contribution >= 4 is 39.7 Å². The van der Waals surface area contributed by atoms with E-state index in [-0.39, 0.29) is 0 Å². The lowest BCUT2D eigenvalue weighted by Gasteiger charge is -2.37. The molecule has 4 nitrogen and oxygen atoms in total. The Morgan fingerprint density at radius 2 is 1.67 bits per heavy atom. The fraction of sp³-hybridized carbons (Fsp3) is 0.273. The van der Waals surface area contributed by atoms with E-state index >= 15 is 0 Å². The average Bonchev–Trinajstić information content (AvgIpc) is 2.69. The van der Waals surface area contributed by atoms with Crippen LogP contribution in [-0.4, -0.2) is 41.2 Å². The SMILES string of the molecule is Cc1cc(N2CCN(C(=S)Nc3ccccc3)CC2)nc2c(C)cccc12. The number of benzene rings is 2. The molecule has 0 unspecified atom stereocenters. The highest BCUT2D eigenvalue weighted by Crippen LogP contribution is 2.25. The summed E-state index contributed by atoms with van der Waals surface area (Å²) in [6.45, 7) is 7.92. The number of aryl methyl sites for hydroxylation is 2. The molecule has 0 saturated carbocycles. The fourth-order valence-electron chi connectivity index (χ4n) is 3.57. The molecule has 0 aliphatic carbocycles. The zero-order valence-corrected chi connectivity index (χ0v) is 16.6. The number of nitrogens with zero attached hydrogens (tertiary/aromatic N) is 3. The molecule has 3 aromatic rings. The van der Waals surface area contributed by atoms with Gasteiger partial charge < -0.3 is 15.1 Å². The van der Waals surface area contributed by atoms with Crippen LogP contribution in [0.25, 0.3) is 10.9 Å². The molecule has 1 N–H and O–H groups in total. The van der Waals surface area contributed by atoms with Crippen LogP contribution in [0.15, 0.2) is 54.6 Å². The van der Waals surface area contributed by atoms with Gasteiger partial charge in [0.2, 0.25) is 0 Å². The number of fused-ring (bicyclic) bond motifs is 1. The highest BCUT2D eigenvalue weighted by Gasteiger charge is 2.20. The fourth-order valence-corrected chi connectivity index (χ4v) is 3.87. The quantitative estimate of drug-likeness (QED) is 0.671. The third-order valence-corrected chi connectivity index (χ3v) is 5.51. The number of hydrogen-bond donors (Lipinski definition) is 1. The third-order valence-electron chi connectivity index (χ3n) is 5.15. The van der Waals surface area contributed by atoms with Gasteiger partial charge in [0.1, 0.15) is 5.82 Å². The van der Waals surface area contributed by atoms with Gasteiger partial charge in [0.15, 0.2) is 5.11 Å². The minimum Gasteiger partial charge on any atom is -0.353 e. The molecule has 4 rings (SSSR count). The Balaban J connectivity index is 1.45. The van der Waals surface area contributed by atoms with E-state index in [0.29, 0.717) is 0 Å². The summed E-state index contributed by atoms with van der Waals surface area (Å²) in [7, 11) is 0. The Morgan fingerprint density at radius 1 is 0.926 bits per heavy atom. The number of hydrogen-bond acceptors (Lipinski definition) is 3. The zero-order chi connectivity index (χ0) is 18.8. The van der Waals surface area contributed by atoms with Crippen molar-refractivity contribution in [2.75, 3.05) is 36.4 Å². The van der Waals surface area contributed by atoms with Crippen molar-refractivity contribution in [1.29, 1.82) is 0 Å². The summed E-state index contributed by atoms with van der Waals surface area (Å²) in [5.41, 5.74) is 4.65. The number of pyridine rings is 1. The van der Waals surface area contributed by atoms with Crippen LogP contribution in [0.2, 0.25) is 0 Å². The second kappa shape index (κ2) is 7.53. The molecular formula is C22H24N4S. The van der Waals surface area contributed by atoms with Crippen LogP contribution >= 0.6 is 12.2 Å². The molecule has 0 amide bonds. The summed E-state index contributed by atoms with van der Waals surface area (Å²) < 4.78 is 0. The first kappa shape index (κ1) is 17.7. The van der Waals surface area contributed by atoms with Crippen LogP contribution in [0.3, 0.4) is 0 Å². The molecule has 0 atom stereocenters. The van der Waals surface area contributed by atoms with Crippen molar-refractivity contribution in [3.63, 3.8) is 0 Å². The molecule has 1 aliphatic rings. The van der Waals surface area contributed by atoms with Gasteiger partial charge in [0.25, 0.3) is 0 Å². The minimum atomic E-state index is 0.791. The van der Waals surface area contributed by atoms with Gasteiger partial charge >= 0.3 is 0 Å². The van der Waals surface area contributed by atoms with E-state index in [1.54, 1.807) is 0 Å². The summed E-state index contributed by atoms with van der Waals surface area (Å²) in [6, 6.07) is 18.7. The largest absolute Gasteiger partial charge is 0.353 e. The van der Waals surface area contributed by atoms with Crippen LogP contribution in [-0.2, 0) is 0 Å². The predicted molar refractivity (Wildman–Crippen MR) is 118 cm³/mol. The maximum absolute atomic E-state index is 5.59. The zero-order valence-electron chi connectivity index (χ0n) is 15.8. The lowest BCUT2D eigenvalue weighted by Crippen LogP contribution is -2.50. The molecule has 2 heterocycles. The van der Waals surface area contributed by atoms with Crippen molar-refractivity contribution in [2.45, 2.75) is 13.8 Å². The molecule has 2 aromatic carbocycles. The summed E-state index contributed by atoms with van der Waals surface area (Å²) in [4.78, 5) is 9.55. The van der Waals surface area contributed by atoms with E-state index in [4.69, 9.17) is 17.2 Å². The van der Waals surface area contributed by atoms with Gasteiger partial charge in [0, 0.05) is 37.3 Å². The Labute approximate surface area is 165 Å². The van der Waals surface area contributed by atoms with Gasteiger partial charge in [-0.1, -0.05) is 36.4 Å². The third kappa shape index (κ3) is 3.74. The normalized spacial score (nSPS) is 14.4. The molecule has 0 bridgehead atoms. The molecule has 5 heteroatoms. The topological polar surface area (TPSA) is 31.4 Å². The molecular weight excluding hydrogens is 352 g/mol. The Hall–Kier alpha value is -2.66. The van der Waals surface area contributed by atoms with Crippen molar-refractivity contribution in [2.24, 2.45) is 0 Å². The van der Waals surface area contributed by atoms with Crippen molar-refractivity contribution < 1.29 is 0 Å². The molecule has 1 aromatic heterocycles. The van der Waals surface area contributed by atoms with Gasteiger partial charge in [-0.3, -0.25) is 0 Å². The second-order valence-corrected chi connectivity index (χ2v) is 7.43. The Kier molecular flexibility index (Phi) is 4.94. The number of rotatable bonds is 2. The summed E-state index contributed by atoms with van der Waals surface area (Å²) in [5, 5.41) is 5.36.